The molecule has 0 aromatic heterocycles. The number of nitrogens with one attached hydrogen (secondary N) is 3. The SMILES string of the molecule is Cc1ccc(NS(=O)(=O)c2cccc(C(=O)NNC(=O)C(C)Oc3ccccc3F)c2)cc1. The van der Waals surface area contributed by atoms with Crippen molar-refractivity contribution in [3.63, 3.8) is 0 Å². The van der Waals surface area contributed by atoms with Gasteiger partial charge in [0.25, 0.3) is 21.8 Å². The number of halogens is 1. The lowest BCUT2D eigenvalue weighted by molar-refractivity contribution is -0.128. The molecule has 1 atom stereocenters. The maximum Gasteiger partial charge on any atom is 0.279 e. The molecule has 0 bridgehead atoms. The molecule has 0 heterocycles. The van der Waals surface area contributed by atoms with E-state index < -0.39 is 33.8 Å². The number of aryl methyl sites for hydroxylation is 1. The summed E-state index contributed by atoms with van der Waals surface area (Å²) >= 11 is 0. The summed E-state index contributed by atoms with van der Waals surface area (Å²) in [4.78, 5) is 24.5. The van der Waals surface area contributed by atoms with Crippen LogP contribution in [0.4, 0.5) is 10.1 Å². The third kappa shape index (κ3) is 6.30. The van der Waals surface area contributed by atoms with Gasteiger partial charge in [-0.15, -0.1) is 0 Å². The monoisotopic (exact) mass is 471 g/mol. The van der Waals surface area contributed by atoms with E-state index in [9.17, 15) is 22.4 Å². The van der Waals surface area contributed by atoms with Crippen LogP contribution in [0.3, 0.4) is 0 Å². The van der Waals surface area contributed by atoms with Gasteiger partial charge in [0.2, 0.25) is 0 Å². The molecule has 0 fully saturated rings. The molecule has 3 rings (SSSR count). The number of ether oxygens (including phenoxy) is 1. The van der Waals surface area contributed by atoms with Gasteiger partial charge in [-0.2, -0.15) is 0 Å². The van der Waals surface area contributed by atoms with Gasteiger partial charge in [-0.1, -0.05) is 35.9 Å². The molecule has 0 saturated heterocycles. The third-order valence-electron chi connectivity index (χ3n) is 4.52. The number of anilines is 1. The minimum atomic E-state index is -3.94. The van der Waals surface area contributed by atoms with Gasteiger partial charge < -0.3 is 4.74 Å². The van der Waals surface area contributed by atoms with Crippen LogP contribution < -0.4 is 20.3 Å². The lowest BCUT2D eigenvalue weighted by Crippen LogP contribution is -2.47. The van der Waals surface area contributed by atoms with Crippen molar-refractivity contribution in [1.82, 2.24) is 10.9 Å². The van der Waals surface area contributed by atoms with Crippen molar-refractivity contribution in [2.45, 2.75) is 24.8 Å². The number of carbonyl (C=O) groups excluding carboxylic acids is 2. The van der Waals surface area contributed by atoms with Gasteiger partial charge in [-0.05, 0) is 56.3 Å². The van der Waals surface area contributed by atoms with Crippen molar-refractivity contribution < 1.29 is 27.1 Å². The Labute approximate surface area is 190 Å². The lowest BCUT2D eigenvalue weighted by Gasteiger charge is -2.15. The second-order valence-corrected chi connectivity index (χ2v) is 8.82. The summed E-state index contributed by atoms with van der Waals surface area (Å²) in [5, 5.41) is 0. The van der Waals surface area contributed by atoms with Crippen LogP contribution in [0.25, 0.3) is 0 Å². The Morgan fingerprint density at radius 1 is 0.939 bits per heavy atom. The van der Waals surface area contributed by atoms with E-state index in [0.29, 0.717) is 5.69 Å². The van der Waals surface area contributed by atoms with Crippen LogP contribution in [0.2, 0.25) is 0 Å². The molecule has 10 heteroatoms. The summed E-state index contributed by atoms with van der Waals surface area (Å²) in [6.45, 7) is 3.27. The first-order valence-electron chi connectivity index (χ1n) is 9.86. The highest BCUT2D eigenvalue weighted by atomic mass is 32.2. The molecule has 2 amide bonds. The smallest absolute Gasteiger partial charge is 0.279 e. The van der Waals surface area contributed by atoms with Crippen LogP contribution in [0, 0.1) is 12.7 Å². The van der Waals surface area contributed by atoms with Crippen molar-refractivity contribution in [2.75, 3.05) is 4.72 Å². The van der Waals surface area contributed by atoms with Crippen molar-refractivity contribution >= 4 is 27.5 Å². The second kappa shape index (κ2) is 10.1. The highest BCUT2D eigenvalue weighted by Crippen LogP contribution is 2.18. The quantitative estimate of drug-likeness (QED) is 0.458. The number of amides is 2. The first-order valence-corrected chi connectivity index (χ1v) is 11.3. The van der Waals surface area contributed by atoms with Crippen LogP contribution in [0.5, 0.6) is 5.75 Å². The Bertz CT molecular complexity index is 1260. The predicted octanol–water partition coefficient (Wildman–Crippen LogP) is 3.16. The molecule has 1 unspecified atom stereocenters. The highest BCUT2D eigenvalue weighted by molar-refractivity contribution is 7.92. The van der Waals surface area contributed by atoms with E-state index in [2.05, 4.69) is 15.6 Å². The lowest BCUT2D eigenvalue weighted by atomic mass is 10.2. The van der Waals surface area contributed by atoms with Crippen LogP contribution in [0.15, 0.2) is 77.7 Å². The van der Waals surface area contributed by atoms with Gasteiger partial charge >= 0.3 is 0 Å². The second-order valence-electron chi connectivity index (χ2n) is 7.13. The first-order chi connectivity index (χ1) is 15.7. The molecular weight excluding hydrogens is 449 g/mol. The van der Waals surface area contributed by atoms with E-state index >= 15 is 0 Å². The summed E-state index contributed by atoms with van der Waals surface area (Å²) in [7, 11) is -3.94. The minimum absolute atomic E-state index is 0.00440. The molecule has 33 heavy (non-hydrogen) atoms. The van der Waals surface area contributed by atoms with Gasteiger partial charge in [0.1, 0.15) is 0 Å². The summed E-state index contributed by atoms with van der Waals surface area (Å²) in [6.07, 6.45) is -1.10. The number of sulfonamides is 1. The average Bonchev–Trinajstić information content (AvgIpc) is 2.80. The fourth-order valence-corrected chi connectivity index (χ4v) is 3.82. The van der Waals surface area contributed by atoms with E-state index in [4.69, 9.17) is 4.74 Å². The zero-order valence-corrected chi connectivity index (χ0v) is 18.6. The molecule has 0 radical (unpaired) electrons. The molecule has 0 aliphatic carbocycles. The highest BCUT2D eigenvalue weighted by Gasteiger charge is 2.19. The zero-order valence-electron chi connectivity index (χ0n) is 17.8. The van der Waals surface area contributed by atoms with Crippen LogP contribution in [-0.4, -0.2) is 26.3 Å². The van der Waals surface area contributed by atoms with Gasteiger partial charge in [0.05, 0.1) is 4.90 Å². The third-order valence-corrected chi connectivity index (χ3v) is 5.90. The van der Waals surface area contributed by atoms with Crippen LogP contribution in [0.1, 0.15) is 22.8 Å². The van der Waals surface area contributed by atoms with Gasteiger partial charge in [-0.3, -0.25) is 25.2 Å². The molecular formula is C23H22FN3O5S. The van der Waals surface area contributed by atoms with Crippen molar-refractivity contribution in [3.8, 4) is 5.75 Å². The van der Waals surface area contributed by atoms with E-state index in [1.165, 1.54) is 49.4 Å². The van der Waals surface area contributed by atoms with Gasteiger partial charge in [0.15, 0.2) is 17.7 Å². The number of benzene rings is 3. The van der Waals surface area contributed by atoms with Crippen molar-refractivity contribution in [3.05, 3.63) is 89.7 Å². The number of carbonyl (C=O) groups is 2. The molecule has 172 valence electrons. The summed E-state index contributed by atoms with van der Waals surface area (Å²) in [6, 6.07) is 17.7. The van der Waals surface area contributed by atoms with Crippen LogP contribution in [-0.2, 0) is 14.8 Å². The van der Waals surface area contributed by atoms with Gasteiger partial charge in [-0.25, -0.2) is 12.8 Å². The molecule has 0 aliphatic rings. The topological polar surface area (TPSA) is 114 Å². The molecule has 3 aromatic carbocycles. The van der Waals surface area contributed by atoms with Gasteiger partial charge in [0, 0.05) is 11.3 Å². The standard InChI is InChI=1S/C23H22FN3O5S/c1-15-10-12-18(13-11-15)27-33(30,31)19-7-5-6-17(14-19)23(29)26-25-22(28)16(2)32-21-9-4-3-8-20(21)24/h3-14,16,27H,1-2H3,(H,25,28)(H,26,29). The van der Waals surface area contributed by atoms with Crippen LogP contribution >= 0.6 is 0 Å². The molecule has 0 spiro atoms. The normalized spacial score (nSPS) is 11.8. The molecule has 0 aliphatic heterocycles. The molecule has 0 saturated carbocycles. The molecule has 3 aromatic rings. The van der Waals surface area contributed by atoms with Crippen molar-refractivity contribution in [1.29, 1.82) is 0 Å². The van der Waals surface area contributed by atoms with E-state index in [-0.39, 0.29) is 16.2 Å². The molecule has 8 nitrogen and oxygen atoms in total. The summed E-state index contributed by atoms with van der Waals surface area (Å²) in [5.74, 6) is -2.20. The number of hydrogen-bond donors (Lipinski definition) is 3. The fraction of sp³-hybridized carbons (Fsp3) is 0.130. The predicted molar refractivity (Wildman–Crippen MR) is 121 cm³/mol. The zero-order chi connectivity index (χ0) is 24.0. The largest absolute Gasteiger partial charge is 0.478 e. The van der Waals surface area contributed by atoms with E-state index in [1.807, 2.05) is 6.92 Å². The fourth-order valence-electron chi connectivity index (χ4n) is 2.72. The maximum absolute atomic E-state index is 13.7. The Balaban J connectivity index is 1.62. The Hall–Kier alpha value is -3.92. The maximum atomic E-state index is 13.7. The summed E-state index contributed by atoms with van der Waals surface area (Å²) < 4.78 is 46.7. The van der Waals surface area contributed by atoms with Crippen molar-refractivity contribution in [2.24, 2.45) is 0 Å². The minimum Gasteiger partial charge on any atom is -0.478 e. The van der Waals surface area contributed by atoms with E-state index in [0.717, 1.165) is 5.56 Å². The Morgan fingerprint density at radius 3 is 2.33 bits per heavy atom. The molecule has 3 N–H and O–H groups in total. The number of para-hydroxylation sites is 1. The number of rotatable bonds is 7. The average molecular weight is 472 g/mol. The Morgan fingerprint density at radius 2 is 1.64 bits per heavy atom. The summed E-state index contributed by atoms with van der Waals surface area (Å²) in [5.41, 5.74) is 5.72. The number of hydrazine groups is 1. The first kappa shape index (κ1) is 23.7. The number of hydrogen-bond acceptors (Lipinski definition) is 5. The van der Waals surface area contributed by atoms with E-state index in [1.54, 1.807) is 30.3 Å². The Kier molecular flexibility index (Phi) is 7.29.